The maximum atomic E-state index is 13.3. The molecule has 3 N–H and O–H groups in total. The molecule has 0 aromatic heterocycles. The summed E-state index contributed by atoms with van der Waals surface area (Å²) < 4.78 is 14.8. The lowest BCUT2D eigenvalue weighted by Gasteiger charge is -2.29. The lowest BCUT2D eigenvalue weighted by Crippen LogP contribution is -2.46. The number of carbonyl (C=O) groups excluding carboxylic acids is 4. The van der Waals surface area contributed by atoms with Crippen LogP contribution >= 0.6 is 0 Å². The maximum Gasteiger partial charge on any atom is 0.343 e. The van der Waals surface area contributed by atoms with E-state index in [0.717, 1.165) is 0 Å². The van der Waals surface area contributed by atoms with Crippen molar-refractivity contribution in [2.45, 2.75) is 13.0 Å². The molecular weight excluding hydrogens is 430 g/mol. The van der Waals surface area contributed by atoms with E-state index in [1.807, 2.05) is 0 Å². The minimum Gasteiger partial charge on any atom is -0.482 e. The molecule has 3 rings (SSSR count). The van der Waals surface area contributed by atoms with Gasteiger partial charge < -0.3 is 30.2 Å². The number of anilines is 1. The number of rotatable bonds is 7. The average Bonchev–Trinajstić information content (AvgIpc) is 2.81. The van der Waals surface area contributed by atoms with Crippen LogP contribution in [0.4, 0.5) is 10.5 Å². The lowest BCUT2D eigenvalue weighted by molar-refractivity contribution is -0.142. The molecule has 0 spiro atoms. The molecule has 0 radical (unpaired) electrons. The zero-order valence-corrected chi connectivity index (χ0v) is 18.3. The van der Waals surface area contributed by atoms with Gasteiger partial charge >= 0.3 is 18.0 Å². The number of amides is 3. The molecule has 10 nitrogen and oxygen atoms in total. The number of carbonyl (C=O) groups is 4. The van der Waals surface area contributed by atoms with Crippen LogP contribution in [-0.2, 0) is 19.1 Å². The third kappa shape index (κ3) is 5.48. The highest BCUT2D eigenvalue weighted by molar-refractivity contribution is 6.09. The summed E-state index contributed by atoms with van der Waals surface area (Å²) in [5, 5.41) is 8.04. The SMILES string of the molecule is COC(=O)COc1cccc([C@@H]2NC(=O)NC(C)=C2C(=O)Nc2ccccc2C(=O)OC)c1. The Bertz CT molecular complexity index is 1130. The number of hydrogen-bond donors (Lipinski definition) is 3. The van der Waals surface area contributed by atoms with E-state index in [1.165, 1.54) is 20.3 Å². The standard InChI is InChI=1S/C23H23N3O7/c1-13-19(21(28)25-17-10-5-4-9-16(17)22(29)32-3)20(26-23(30)24-13)14-7-6-8-15(11-14)33-12-18(27)31-2/h4-11,20H,12H2,1-3H3,(H,25,28)(H2,24,26,30)/t20-/m0/s1. The molecule has 10 heteroatoms. The Morgan fingerprint density at radius 1 is 1.03 bits per heavy atom. The van der Waals surface area contributed by atoms with Crippen LogP contribution in [-0.4, -0.2) is 44.7 Å². The van der Waals surface area contributed by atoms with E-state index in [0.29, 0.717) is 17.0 Å². The quantitative estimate of drug-likeness (QED) is 0.548. The van der Waals surface area contributed by atoms with Crippen molar-refractivity contribution >= 4 is 29.6 Å². The van der Waals surface area contributed by atoms with Gasteiger partial charge in [-0.3, -0.25) is 4.79 Å². The highest BCUT2D eigenvalue weighted by Gasteiger charge is 2.32. The Morgan fingerprint density at radius 2 is 1.79 bits per heavy atom. The Kier molecular flexibility index (Phi) is 7.29. The van der Waals surface area contributed by atoms with Crippen LogP contribution in [0.2, 0.25) is 0 Å². The number of allylic oxidation sites excluding steroid dienone is 1. The molecule has 0 saturated heterocycles. The van der Waals surface area contributed by atoms with E-state index < -0.39 is 29.9 Å². The van der Waals surface area contributed by atoms with Crippen molar-refractivity contribution in [3.8, 4) is 5.75 Å². The second-order valence-corrected chi connectivity index (χ2v) is 7.00. The fourth-order valence-electron chi connectivity index (χ4n) is 3.30. The summed E-state index contributed by atoms with van der Waals surface area (Å²) in [4.78, 5) is 48.8. The molecule has 1 aliphatic heterocycles. The molecule has 3 amide bonds. The molecule has 1 heterocycles. The molecule has 1 atom stereocenters. The molecule has 0 aliphatic carbocycles. The summed E-state index contributed by atoms with van der Waals surface area (Å²) in [5.74, 6) is -1.31. The highest BCUT2D eigenvalue weighted by Crippen LogP contribution is 2.30. The first kappa shape index (κ1) is 23.3. The van der Waals surface area contributed by atoms with Crippen LogP contribution < -0.4 is 20.7 Å². The third-order valence-corrected chi connectivity index (χ3v) is 4.87. The van der Waals surface area contributed by atoms with Crippen molar-refractivity contribution in [1.29, 1.82) is 0 Å². The minimum atomic E-state index is -0.814. The van der Waals surface area contributed by atoms with Gasteiger partial charge in [0.1, 0.15) is 5.75 Å². The minimum absolute atomic E-state index is 0.189. The van der Waals surface area contributed by atoms with Gasteiger partial charge in [-0.2, -0.15) is 0 Å². The topological polar surface area (TPSA) is 132 Å². The second kappa shape index (κ2) is 10.3. The van der Waals surface area contributed by atoms with E-state index in [1.54, 1.807) is 49.4 Å². The van der Waals surface area contributed by atoms with E-state index in [-0.39, 0.29) is 23.4 Å². The molecule has 0 fully saturated rings. The molecule has 172 valence electrons. The molecule has 1 aliphatic rings. The maximum absolute atomic E-state index is 13.3. The summed E-state index contributed by atoms with van der Waals surface area (Å²) >= 11 is 0. The summed E-state index contributed by atoms with van der Waals surface area (Å²) in [7, 11) is 2.50. The van der Waals surface area contributed by atoms with E-state index in [9.17, 15) is 19.2 Å². The molecule has 2 aromatic rings. The highest BCUT2D eigenvalue weighted by atomic mass is 16.6. The first-order valence-corrected chi connectivity index (χ1v) is 9.90. The van der Waals surface area contributed by atoms with Gasteiger partial charge in [0.05, 0.1) is 37.1 Å². The van der Waals surface area contributed by atoms with Crippen LogP contribution in [0.15, 0.2) is 59.8 Å². The van der Waals surface area contributed by atoms with Crippen molar-refractivity contribution in [2.24, 2.45) is 0 Å². The smallest absolute Gasteiger partial charge is 0.343 e. The summed E-state index contributed by atoms with van der Waals surface area (Å²) in [5.41, 5.74) is 1.59. The Hall–Kier alpha value is -4.34. The van der Waals surface area contributed by atoms with E-state index in [4.69, 9.17) is 9.47 Å². The van der Waals surface area contributed by atoms with Crippen LogP contribution in [0, 0.1) is 0 Å². The number of para-hydroxylation sites is 1. The zero-order chi connectivity index (χ0) is 24.0. The molecule has 33 heavy (non-hydrogen) atoms. The van der Waals surface area contributed by atoms with E-state index >= 15 is 0 Å². The fraction of sp³-hybridized carbons (Fsp3) is 0.217. The van der Waals surface area contributed by atoms with Gasteiger partial charge in [-0.15, -0.1) is 0 Å². The monoisotopic (exact) mass is 453 g/mol. The number of hydrogen-bond acceptors (Lipinski definition) is 7. The molecule has 0 saturated carbocycles. The molecule has 2 aromatic carbocycles. The van der Waals surface area contributed by atoms with Gasteiger partial charge in [0.15, 0.2) is 6.61 Å². The molecular formula is C23H23N3O7. The Labute approximate surface area is 189 Å². The summed E-state index contributed by atoms with van der Waals surface area (Å²) in [6, 6.07) is 11.8. The van der Waals surface area contributed by atoms with Crippen molar-refractivity contribution in [3.63, 3.8) is 0 Å². The van der Waals surface area contributed by atoms with Crippen LogP contribution in [0.5, 0.6) is 5.75 Å². The third-order valence-electron chi connectivity index (χ3n) is 4.87. The van der Waals surface area contributed by atoms with Gasteiger partial charge in [-0.05, 0) is 36.8 Å². The van der Waals surface area contributed by atoms with Gasteiger partial charge in [0.2, 0.25) is 0 Å². The molecule has 0 bridgehead atoms. The number of benzene rings is 2. The number of esters is 2. The summed E-state index contributed by atoms with van der Waals surface area (Å²) in [6.07, 6.45) is 0. The first-order valence-electron chi connectivity index (χ1n) is 9.90. The predicted molar refractivity (Wildman–Crippen MR) is 117 cm³/mol. The Morgan fingerprint density at radius 3 is 2.52 bits per heavy atom. The first-order chi connectivity index (χ1) is 15.8. The van der Waals surface area contributed by atoms with Crippen molar-refractivity contribution in [2.75, 3.05) is 26.1 Å². The second-order valence-electron chi connectivity index (χ2n) is 7.00. The summed E-state index contributed by atoms with van der Waals surface area (Å²) in [6.45, 7) is 1.32. The zero-order valence-electron chi connectivity index (χ0n) is 18.3. The van der Waals surface area contributed by atoms with Gasteiger partial charge in [-0.25, -0.2) is 14.4 Å². The van der Waals surface area contributed by atoms with Gasteiger partial charge in [-0.1, -0.05) is 24.3 Å². The van der Waals surface area contributed by atoms with Gasteiger partial charge in [0, 0.05) is 5.70 Å². The van der Waals surface area contributed by atoms with Crippen molar-refractivity contribution < 1.29 is 33.4 Å². The number of nitrogens with one attached hydrogen (secondary N) is 3. The number of urea groups is 1. The fourth-order valence-corrected chi connectivity index (χ4v) is 3.30. The van der Waals surface area contributed by atoms with Crippen molar-refractivity contribution in [3.05, 3.63) is 70.9 Å². The number of methoxy groups -OCH3 is 2. The largest absolute Gasteiger partial charge is 0.482 e. The van der Waals surface area contributed by atoms with E-state index in [2.05, 4.69) is 20.7 Å². The normalized spacial score (nSPS) is 15.1. The lowest BCUT2D eigenvalue weighted by atomic mass is 9.94. The van der Waals surface area contributed by atoms with Crippen LogP contribution in [0.1, 0.15) is 28.9 Å². The average molecular weight is 453 g/mol. The Balaban J connectivity index is 1.91. The van der Waals surface area contributed by atoms with Gasteiger partial charge in [0.25, 0.3) is 5.91 Å². The van der Waals surface area contributed by atoms with Crippen LogP contribution in [0.25, 0.3) is 0 Å². The molecule has 0 unspecified atom stereocenters. The van der Waals surface area contributed by atoms with Crippen molar-refractivity contribution in [1.82, 2.24) is 10.6 Å². The predicted octanol–water partition coefficient (Wildman–Crippen LogP) is 2.29. The van der Waals surface area contributed by atoms with Crippen LogP contribution in [0.3, 0.4) is 0 Å². The number of ether oxygens (including phenoxy) is 3.